The highest BCUT2D eigenvalue weighted by Gasteiger charge is 2.32. The van der Waals surface area contributed by atoms with Crippen LogP contribution in [0.3, 0.4) is 0 Å². The summed E-state index contributed by atoms with van der Waals surface area (Å²) in [5.74, 6) is 1.11. The number of nitrogens with zero attached hydrogens (tertiary/aromatic N) is 6. The number of anilines is 1. The molecule has 0 spiro atoms. The minimum absolute atomic E-state index is 0.169. The summed E-state index contributed by atoms with van der Waals surface area (Å²) in [7, 11) is 5.26. The molecule has 6 heterocycles. The van der Waals surface area contributed by atoms with Gasteiger partial charge in [0.1, 0.15) is 17.0 Å². The van der Waals surface area contributed by atoms with E-state index in [1.54, 1.807) is 16.7 Å². The minimum atomic E-state index is -0.715. The summed E-state index contributed by atoms with van der Waals surface area (Å²) in [4.78, 5) is 30.5. The quantitative estimate of drug-likeness (QED) is 0.167. The van der Waals surface area contributed by atoms with Crippen LogP contribution in [0.1, 0.15) is 90.8 Å². The van der Waals surface area contributed by atoms with Gasteiger partial charge in [-0.15, -0.1) is 11.8 Å². The molecule has 2 aromatic carbocycles. The molecule has 1 N–H and O–H groups in total. The van der Waals surface area contributed by atoms with Crippen LogP contribution >= 0.6 is 23.4 Å². The van der Waals surface area contributed by atoms with E-state index in [4.69, 9.17) is 36.0 Å². The molecular weight excluding hydrogens is 750 g/mol. The summed E-state index contributed by atoms with van der Waals surface area (Å²) in [6.45, 7) is 8.13. The van der Waals surface area contributed by atoms with Gasteiger partial charge in [-0.25, -0.2) is 9.59 Å². The predicted molar refractivity (Wildman–Crippen MR) is 219 cm³/mol. The number of ether oxygens (including phenoxy) is 3. The molecule has 3 aromatic heterocycles. The summed E-state index contributed by atoms with van der Waals surface area (Å²) in [5.41, 5.74) is 9.03. The van der Waals surface area contributed by atoms with E-state index in [0.717, 1.165) is 106 Å². The topological polar surface area (TPSA) is 118 Å². The summed E-state index contributed by atoms with van der Waals surface area (Å²) in [6.07, 6.45) is 5.65. The zero-order valence-corrected chi connectivity index (χ0v) is 34.7. The molecule has 56 heavy (non-hydrogen) atoms. The van der Waals surface area contributed by atoms with E-state index in [1.165, 1.54) is 12.7 Å². The first kappa shape index (κ1) is 38.3. The number of hydrogen-bond acceptors (Lipinski definition) is 9. The molecule has 0 unspecified atom stereocenters. The summed E-state index contributed by atoms with van der Waals surface area (Å²) in [6, 6.07) is 10.4. The Hall–Kier alpha value is -4.62. The van der Waals surface area contributed by atoms with Crippen LogP contribution < -0.4 is 10.1 Å². The van der Waals surface area contributed by atoms with Gasteiger partial charge in [0.15, 0.2) is 0 Å². The number of aryl methyl sites for hydroxylation is 5. The van der Waals surface area contributed by atoms with Crippen LogP contribution in [-0.2, 0) is 68.2 Å². The highest BCUT2D eigenvalue weighted by Crippen LogP contribution is 2.44. The van der Waals surface area contributed by atoms with Crippen LogP contribution in [0.25, 0.3) is 22.0 Å². The van der Waals surface area contributed by atoms with Crippen LogP contribution in [0.5, 0.6) is 5.75 Å². The van der Waals surface area contributed by atoms with E-state index in [1.807, 2.05) is 56.2 Å². The zero-order chi connectivity index (χ0) is 39.3. The molecule has 3 aliphatic rings. The van der Waals surface area contributed by atoms with Crippen LogP contribution in [-0.4, -0.2) is 67.0 Å². The largest absolute Gasteiger partial charge is 0.491 e. The fourth-order valence-corrected chi connectivity index (χ4v) is 9.63. The molecule has 0 aliphatic carbocycles. The fourth-order valence-electron chi connectivity index (χ4n) is 8.38. The van der Waals surface area contributed by atoms with Gasteiger partial charge < -0.3 is 24.1 Å². The second-order valence-electron chi connectivity index (χ2n) is 16.0. The number of aromatic nitrogens is 5. The lowest BCUT2D eigenvalue weighted by Gasteiger charge is -2.27. The average Bonchev–Trinajstić information content (AvgIpc) is 3.80. The zero-order valence-electron chi connectivity index (χ0n) is 33.1. The molecule has 0 atom stereocenters. The second-order valence-corrected chi connectivity index (χ2v) is 17.4. The summed E-state index contributed by atoms with van der Waals surface area (Å²) < 4.78 is 23.8. The highest BCUT2D eigenvalue weighted by molar-refractivity contribution is 7.98. The van der Waals surface area contributed by atoms with Crippen molar-refractivity contribution >= 4 is 52.0 Å². The number of thioether (sulfide) groups is 1. The number of fused-ring (bicyclic) bond motifs is 10. The highest BCUT2D eigenvalue weighted by atomic mass is 35.5. The van der Waals surface area contributed by atoms with Crippen molar-refractivity contribution in [3.8, 4) is 16.9 Å². The molecule has 0 saturated carbocycles. The van der Waals surface area contributed by atoms with Crippen molar-refractivity contribution in [2.45, 2.75) is 102 Å². The SMILES string of the molecule is COC(=O)c1c2c3ccc(Cl)c(c3n1C)-c1c(nn3c1CCCC3)CN(C(=O)OC(C)(C)C)Cc1cc(n(C)n1)CSc1cc3c(c(c1)OCCC2)NCCC3. The van der Waals surface area contributed by atoms with Crippen LogP contribution in [0.4, 0.5) is 10.5 Å². The lowest BCUT2D eigenvalue weighted by atomic mass is 9.95. The van der Waals surface area contributed by atoms with Gasteiger partial charge in [-0.2, -0.15) is 10.2 Å². The first-order valence-corrected chi connectivity index (χ1v) is 20.9. The van der Waals surface area contributed by atoms with E-state index in [0.29, 0.717) is 41.6 Å². The number of benzene rings is 2. The third-order valence-electron chi connectivity index (χ3n) is 10.9. The Labute approximate surface area is 336 Å². The fraction of sp³-hybridized carbons (Fsp3) is 0.476. The Bertz CT molecular complexity index is 2340. The van der Waals surface area contributed by atoms with Crippen LogP contribution in [0.15, 0.2) is 35.2 Å². The molecule has 5 aromatic rings. The molecule has 0 radical (unpaired) electrons. The van der Waals surface area contributed by atoms with E-state index >= 15 is 0 Å². The molecule has 14 heteroatoms. The molecule has 296 valence electrons. The molecule has 0 saturated heterocycles. The standard InChI is InChI=1S/C42H50ClN7O5S/c1-42(2,3)55-41(52)49-22-26-20-27(48(5)45-26)24-56-28-19-25-11-9-16-44-37(25)34(21-28)54-18-10-12-29-30-14-15-31(43)35(38(30)47(4)39(29)40(51)53-6)36-32(23-49)46-50-17-8-7-13-33(36)50/h14-15,19-21,44H,7-13,16-18,22-24H2,1-6H3. The lowest BCUT2D eigenvalue weighted by molar-refractivity contribution is 0.0211. The maximum atomic E-state index is 14.1. The molecule has 3 aliphatic heterocycles. The molecule has 12 nitrogen and oxygen atoms in total. The third-order valence-corrected chi connectivity index (χ3v) is 12.2. The molecule has 1 amide bonds. The van der Waals surface area contributed by atoms with E-state index in [9.17, 15) is 9.59 Å². The van der Waals surface area contributed by atoms with Crippen molar-refractivity contribution in [2.24, 2.45) is 14.1 Å². The van der Waals surface area contributed by atoms with E-state index in [-0.39, 0.29) is 13.1 Å². The summed E-state index contributed by atoms with van der Waals surface area (Å²) >= 11 is 8.99. The number of halogens is 1. The van der Waals surface area contributed by atoms with Gasteiger partial charge in [0.2, 0.25) is 0 Å². The molecule has 8 bridgehead atoms. The van der Waals surface area contributed by atoms with E-state index in [2.05, 4.69) is 28.2 Å². The van der Waals surface area contributed by atoms with Crippen molar-refractivity contribution in [1.82, 2.24) is 29.0 Å². The van der Waals surface area contributed by atoms with Crippen LogP contribution in [0.2, 0.25) is 5.02 Å². The predicted octanol–water partition coefficient (Wildman–Crippen LogP) is 8.46. The maximum Gasteiger partial charge on any atom is 0.410 e. The number of carbonyl (C=O) groups excluding carboxylic acids is 2. The van der Waals surface area contributed by atoms with Gasteiger partial charge in [0.25, 0.3) is 0 Å². The average molecular weight is 800 g/mol. The van der Waals surface area contributed by atoms with Gasteiger partial charge in [0.05, 0.1) is 54.4 Å². The van der Waals surface area contributed by atoms with Crippen LogP contribution in [0, 0.1) is 0 Å². The molecule has 0 fully saturated rings. The number of hydrogen-bond donors (Lipinski definition) is 1. The van der Waals surface area contributed by atoms with E-state index < -0.39 is 17.7 Å². The number of carbonyl (C=O) groups is 2. The Morgan fingerprint density at radius 1 is 0.982 bits per heavy atom. The van der Waals surface area contributed by atoms with Crippen molar-refractivity contribution < 1.29 is 23.8 Å². The van der Waals surface area contributed by atoms with Gasteiger partial charge in [0, 0.05) is 65.7 Å². The maximum absolute atomic E-state index is 14.1. The smallest absolute Gasteiger partial charge is 0.410 e. The van der Waals surface area contributed by atoms with Crippen molar-refractivity contribution in [3.63, 3.8) is 0 Å². The molecule has 8 rings (SSSR count). The summed E-state index contributed by atoms with van der Waals surface area (Å²) in [5, 5.41) is 15.1. The number of methoxy groups -OCH3 is 1. The van der Waals surface area contributed by atoms with Gasteiger partial charge >= 0.3 is 12.1 Å². The third kappa shape index (κ3) is 7.35. The number of rotatable bonds is 1. The Balaban J connectivity index is 1.31. The second kappa shape index (κ2) is 15.4. The van der Waals surface area contributed by atoms with Gasteiger partial charge in [-0.1, -0.05) is 17.7 Å². The van der Waals surface area contributed by atoms with Crippen molar-refractivity contribution in [2.75, 3.05) is 25.6 Å². The first-order valence-electron chi connectivity index (χ1n) is 19.5. The first-order chi connectivity index (χ1) is 26.9. The van der Waals surface area contributed by atoms with Crippen molar-refractivity contribution in [1.29, 1.82) is 0 Å². The van der Waals surface area contributed by atoms with Crippen molar-refractivity contribution in [3.05, 3.63) is 75.0 Å². The Morgan fingerprint density at radius 3 is 2.62 bits per heavy atom. The monoisotopic (exact) mass is 799 g/mol. The molecular formula is C42H50ClN7O5S. The number of amides is 1. The lowest BCUT2D eigenvalue weighted by Crippen LogP contribution is -2.36. The van der Waals surface area contributed by atoms with Gasteiger partial charge in [-0.3, -0.25) is 14.3 Å². The number of esters is 1. The minimum Gasteiger partial charge on any atom is -0.491 e. The van der Waals surface area contributed by atoms with Gasteiger partial charge in [-0.05, 0) is 101 Å². The Morgan fingerprint density at radius 2 is 1.82 bits per heavy atom. The number of nitrogens with one attached hydrogen (secondary N) is 1. The Kier molecular flexibility index (Phi) is 10.5. The normalized spacial score (nSPS) is 16.2.